The average molecular weight is 454 g/mol. The van der Waals surface area contributed by atoms with Gasteiger partial charge in [-0.3, -0.25) is 4.79 Å². The highest BCUT2D eigenvalue weighted by molar-refractivity contribution is 6.04. The number of hydrogen-bond acceptors (Lipinski definition) is 7. The van der Waals surface area contributed by atoms with Crippen LogP contribution in [0.1, 0.15) is 67.5 Å². The van der Waals surface area contributed by atoms with Crippen molar-refractivity contribution in [3.8, 4) is 5.75 Å². The second kappa shape index (κ2) is 9.49. The van der Waals surface area contributed by atoms with E-state index in [0.29, 0.717) is 40.0 Å². The Kier molecular flexibility index (Phi) is 6.67. The van der Waals surface area contributed by atoms with Gasteiger partial charge in [-0.15, -0.1) is 0 Å². The summed E-state index contributed by atoms with van der Waals surface area (Å²) < 4.78 is 11.9. The number of aliphatic hydroxyl groups is 2. The van der Waals surface area contributed by atoms with Crippen LogP contribution in [0.25, 0.3) is 11.1 Å². The maximum Gasteiger partial charge on any atom is 0.274 e. The molecule has 8 heteroatoms. The number of amides is 1. The third kappa shape index (κ3) is 5.69. The van der Waals surface area contributed by atoms with Crippen LogP contribution < -0.4 is 10.1 Å². The number of aliphatic hydroxyl groups excluding tert-OH is 1. The number of pyridine rings is 1. The van der Waals surface area contributed by atoms with Crippen LogP contribution in [0.4, 0.5) is 5.69 Å². The lowest BCUT2D eigenvalue weighted by atomic mass is 9.82. The SMILES string of the molecule is Cc1cccc(C(=O)Nc2cc3oc(C4CCC(CO)CC4)nc3cc2OCC(C)(C)O)n1. The molecule has 1 saturated carbocycles. The summed E-state index contributed by atoms with van der Waals surface area (Å²) in [6.45, 7) is 5.39. The molecule has 1 aliphatic rings. The molecule has 0 aliphatic heterocycles. The molecule has 0 radical (unpaired) electrons. The van der Waals surface area contributed by atoms with Gasteiger partial charge in [-0.1, -0.05) is 6.07 Å². The number of carbonyl (C=O) groups excluding carboxylic acids is 1. The first-order valence-electron chi connectivity index (χ1n) is 11.4. The molecular weight excluding hydrogens is 422 g/mol. The fourth-order valence-electron chi connectivity index (χ4n) is 4.07. The maximum absolute atomic E-state index is 12.8. The van der Waals surface area contributed by atoms with E-state index in [0.717, 1.165) is 31.4 Å². The van der Waals surface area contributed by atoms with E-state index in [1.165, 1.54) is 0 Å². The first-order chi connectivity index (χ1) is 15.7. The zero-order chi connectivity index (χ0) is 23.6. The Labute approximate surface area is 193 Å². The number of benzene rings is 1. The molecule has 2 aromatic heterocycles. The van der Waals surface area contributed by atoms with Gasteiger partial charge >= 0.3 is 0 Å². The number of oxazole rings is 1. The lowest BCUT2D eigenvalue weighted by Crippen LogP contribution is -2.28. The van der Waals surface area contributed by atoms with Gasteiger partial charge in [0, 0.05) is 30.4 Å². The van der Waals surface area contributed by atoms with Gasteiger partial charge in [0.05, 0.1) is 11.3 Å². The van der Waals surface area contributed by atoms with Crippen LogP contribution >= 0.6 is 0 Å². The molecule has 4 rings (SSSR count). The van der Waals surface area contributed by atoms with Gasteiger partial charge < -0.3 is 24.7 Å². The van der Waals surface area contributed by atoms with Crippen LogP contribution in [0.15, 0.2) is 34.7 Å². The molecule has 0 atom stereocenters. The van der Waals surface area contributed by atoms with Crippen molar-refractivity contribution in [2.45, 2.75) is 58.0 Å². The average Bonchev–Trinajstić information content (AvgIpc) is 3.20. The van der Waals surface area contributed by atoms with Crippen molar-refractivity contribution in [3.05, 3.63) is 47.6 Å². The molecule has 1 fully saturated rings. The number of carbonyl (C=O) groups is 1. The van der Waals surface area contributed by atoms with Crippen LogP contribution in [0, 0.1) is 12.8 Å². The molecule has 0 spiro atoms. The van der Waals surface area contributed by atoms with Crippen LogP contribution in [0.5, 0.6) is 5.75 Å². The van der Waals surface area contributed by atoms with Crippen LogP contribution in [0.3, 0.4) is 0 Å². The second-order valence-electron chi connectivity index (χ2n) is 9.49. The zero-order valence-corrected chi connectivity index (χ0v) is 19.3. The summed E-state index contributed by atoms with van der Waals surface area (Å²) in [5.74, 6) is 1.25. The predicted molar refractivity (Wildman–Crippen MR) is 125 cm³/mol. The summed E-state index contributed by atoms with van der Waals surface area (Å²) in [6.07, 6.45) is 3.74. The lowest BCUT2D eigenvalue weighted by Gasteiger charge is -2.24. The Morgan fingerprint density at radius 2 is 1.97 bits per heavy atom. The highest BCUT2D eigenvalue weighted by Crippen LogP contribution is 2.38. The number of fused-ring (bicyclic) bond motifs is 1. The zero-order valence-electron chi connectivity index (χ0n) is 19.3. The van der Waals surface area contributed by atoms with E-state index in [1.807, 2.05) is 13.0 Å². The third-order valence-electron chi connectivity index (χ3n) is 5.91. The molecule has 33 heavy (non-hydrogen) atoms. The Morgan fingerprint density at radius 3 is 2.64 bits per heavy atom. The Bertz CT molecular complexity index is 1130. The van der Waals surface area contributed by atoms with Crippen molar-refractivity contribution in [3.63, 3.8) is 0 Å². The predicted octanol–water partition coefficient (Wildman–Crippen LogP) is 4.20. The first-order valence-corrected chi connectivity index (χ1v) is 11.4. The summed E-state index contributed by atoms with van der Waals surface area (Å²) in [6, 6.07) is 8.68. The van der Waals surface area contributed by atoms with Gasteiger partial charge in [0.1, 0.15) is 23.6 Å². The van der Waals surface area contributed by atoms with Crippen molar-refractivity contribution >= 4 is 22.7 Å². The largest absolute Gasteiger partial charge is 0.488 e. The molecule has 1 aromatic carbocycles. The van der Waals surface area contributed by atoms with Crippen molar-refractivity contribution in [1.82, 2.24) is 9.97 Å². The smallest absolute Gasteiger partial charge is 0.274 e. The minimum absolute atomic E-state index is 0.0416. The minimum Gasteiger partial charge on any atom is -0.488 e. The molecule has 2 heterocycles. The number of nitrogens with zero attached hydrogens (tertiary/aromatic N) is 2. The van der Waals surface area contributed by atoms with Gasteiger partial charge in [-0.2, -0.15) is 0 Å². The third-order valence-corrected chi connectivity index (χ3v) is 5.91. The Balaban J connectivity index is 1.63. The standard InChI is InChI=1S/C25H31N3O5/c1-15-5-4-6-18(26-15)23(30)27-19-12-22-20(11-21(19)32-14-25(2,3)31)28-24(33-22)17-9-7-16(13-29)8-10-17/h4-6,11-12,16-17,29,31H,7-10,13-14H2,1-3H3,(H,27,30). The fourth-order valence-corrected chi connectivity index (χ4v) is 4.07. The monoisotopic (exact) mass is 453 g/mol. The number of aryl methyl sites for hydroxylation is 1. The van der Waals surface area contributed by atoms with Gasteiger partial charge in [0.2, 0.25) is 0 Å². The van der Waals surface area contributed by atoms with Crippen molar-refractivity contribution in [1.29, 1.82) is 0 Å². The highest BCUT2D eigenvalue weighted by atomic mass is 16.5. The summed E-state index contributed by atoms with van der Waals surface area (Å²) in [5, 5.41) is 22.4. The van der Waals surface area contributed by atoms with Gasteiger partial charge in [-0.25, -0.2) is 9.97 Å². The summed E-state index contributed by atoms with van der Waals surface area (Å²) in [5.41, 5.74) is 1.60. The number of aromatic nitrogens is 2. The van der Waals surface area contributed by atoms with Gasteiger partial charge in [-0.05, 0) is 64.5 Å². The number of ether oxygens (including phenoxy) is 1. The quantitative estimate of drug-likeness (QED) is 0.491. The van der Waals surface area contributed by atoms with Crippen LogP contribution in [0.2, 0.25) is 0 Å². The molecule has 3 N–H and O–H groups in total. The topological polar surface area (TPSA) is 118 Å². The molecule has 0 saturated heterocycles. The van der Waals surface area contributed by atoms with Gasteiger partial charge in [0.15, 0.2) is 11.5 Å². The minimum atomic E-state index is -1.05. The van der Waals surface area contributed by atoms with Crippen LogP contribution in [-0.2, 0) is 0 Å². The van der Waals surface area contributed by atoms with Crippen molar-refractivity contribution < 1.29 is 24.2 Å². The van der Waals surface area contributed by atoms with E-state index >= 15 is 0 Å². The van der Waals surface area contributed by atoms with E-state index < -0.39 is 5.60 Å². The maximum atomic E-state index is 12.8. The van der Waals surface area contributed by atoms with E-state index in [1.54, 1.807) is 38.1 Å². The van der Waals surface area contributed by atoms with E-state index in [-0.39, 0.29) is 25.0 Å². The molecule has 0 bridgehead atoms. The highest BCUT2D eigenvalue weighted by Gasteiger charge is 2.26. The van der Waals surface area contributed by atoms with E-state index in [9.17, 15) is 15.0 Å². The van der Waals surface area contributed by atoms with E-state index in [4.69, 9.17) is 9.15 Å². The molecule has 0 unspecified atom stereocenters. The second-order valence-corrected chi connectivity index (χ2v) is 9.49. The van der Waals surface area contributed by atoms with Crippen LogP contribution in [-0.4, -0.2) is 44.9 Å². The summed E-state index contributed by atoms with van der Waals surface area (Å²) >= 11 is 0. The molecule has 3 aromatic rings. The molecule has 176 valence electrons. The molecular formula is C25H31N3O5. The fraction of sp³-hybridized carbons (Fsp3) is 0.480. The Hall–Kier alpha value is -2.97. The number of anilines is 1. The summed E-state index contributed by atoms with van der Waals surface area (Å²) in [7, 11) is 0. The number of hydrogen-bond donors (Lipinski definition) is 3. The number of nitrogens with one attached hydrogen (secondary N) is 1. The number of rotatable bonds is 7. The molecule has 1 aliphatic carbocycles. The first kappa shape index (κ1) is 23.2. The summed E-state index contributed by atoms with van der Waals surface area (Å²) in [4.78, 5) is 21.8. The van der Waals surface area contributed by atoms with E-state index in [2.05, 4.69) is 15.3 Å². The molecule has 8 nitrogen and oxygen atoms in total. The van der Waals surface area contributed by atoms with Crippen molar-refractivity contribution in [2.75, 3.05) is 18.5 Å². The molecule has 1 amide bonds. The lowest BCUT2D eigenvalue weighted by molar-refractivity contribution is 0.0288. The normalized spacial score (nSPS) is 18.9. The Morgan fingerprint density at radius 1 is 1.21 bits per heavy atom. The van der Waals surface area contributed by atoms with Gasteiger partial charge in [0.25, 0.3) is 5.91 Å². The van der Waals surface area contributed by atoms with Crippen molar-refractivity contribution in [2.24, 2.45) is 5.92 Å².